The second kappa shape index (κ2) is 5.54. The van der Waals surface area contributed by atoms with Gasteiger partial charge >= 0.3 is 0 Å². The summed E-state index contributed by atoms with van der Waals surface area (Å²) in [7, 11) is 1.61. The molecule has 0 aliphatic heterocycles. The third-order valence-corrected chi connectivity index (χ3v) is 2.97. The molecule has 0 aliphatic rings. The quantitative estimate of drug-likeness (QED) is 0.815. The van der Waals surface area contributed by atoms with Crippen molar-refractivity contribution in [1.82, 2.24) is 15.0 Å². The molecule has 3 N–H and O–H groups in total. The van der Waals surface area contributed by atoms with Crippen LogP contribution in [0, 0.1) is 0 Å². The minimum Gasteiger partial charge on any atom is -0.495 e. The smallest absolute Gasteiger partial charge is 0.145 e. The first-order valence-electron chi connectivity index (χ1n) is 5.15. The highest BCUT2D eigenvalue weighted by Crippen LogP contribution is 2.28. The minimum atomic E-state index is 0.409. The molecule has 0 saturated heterocycles. The standard InChI is InChI=1S/C11H13N5OS/c1-17-7-3-8(18-2)11(13-5-7)16-10-4-9(12)14-6-15-10/h3-6H,1-2H3,(H3,12,13,14,15,16). The number of nitrogens with one attached hydrogen (secondary N) is 1. The van der Waals surface area contributed by atoms with Crippen molar-refractivity contribution in [2.75, 3.05) is 24.4 Å². The average Bonchev–Trinajstić information content (AvgIpc) is 2.39. The number of nitrogens with zero attached hydrogens (tertiary/aromatic N) is 3. The summed E-state index contributed by atoms with van der Waals surface area (Å²) in [5.74, 6) is 2.44. The maximum Gasteiger partial charge on any atom is 0.145 e. The minimum absolute atomic E-state index is 0.409. The average molecular weight is 263 g/mol. The van der Waals surface area contributed by atoms with Gasteiger partial charge in [0, 0.05) is 6.07 Å². The predicted octanol–water partition coefficient (Wildman–Crippen LogP) is 1.93. The molecular weight excluding hydrogens is 250 g/mol. The van der Waals surface area contributed by atoms with E-state index in [4.69, 9.17) is 10.5 Å². The third-order valence-electron chi connectivity index (χ3n) is 2.22. The van der Waals surface area contributed by atoms with E-state index in [0.717, 1.165) is 4.90 Å². The topological polar surface area (TPSA) is 86.0 Å². The van der Waals surface area contributed by atoms with Gasteiger partial charge in [-0.25, -0.2) is 15.0 Å². The molecule has 0 amide bonds. The van der Waals surface area contributed by atoms with Gasteiger partial charge in [0.05, 0.1) is 18.2 Å². The molecule has 2 heterocycles. The van der Waals surface area contributed by atoms with Crippen LogP contribution >= 0.6 is 11.8 Å². The van der Waals surface area contributed by atoms with Crippen molar-refractivity contribution >= 4 is 29.2 Å². The number of nitrogen functional groups attached to an aromatic ring is 1. The van der Waals surface area contributed by atoms with E-state index in [9.17, 15) is 0 Å². The summed E-state index contributed by atoms with van der Waals surface area (Å²) in [6, 6.07) is 3.56. The lowest BCUT2D eigenvalue weighted by Gasteiger charge is -2.10. The molecular formula is C11H13N5OS. The lowest BCUT2D eigenvalue weighted by molar-refractivity contribution is 0.412. The zero-order valence-electron chi connectivity index (χ0n) is 10.0. The Kier molecular flexibility index (Phi) is 3.83. The summed E-state index contributed by atoms with van der Waals surface area (Å²) in [6.07, 6.45) is 5.02. The van der Waals surface area contributed by atoms with Crippen LogP contribution in [-0.4, -0.2) is 28.3 Å². The van der Waals surface area contributed by atoms with Gasteiger partial charge < -0.3 is 15.8 Å². The molecule has 2 aromatic rings. The second-order valence-electron chi connectivity index (χ2n) is 3.38. The molecule has 0 bridgehead atoms. The molecule has 0 spiro atoms. The molecule has 0 unspecified atom stereocenters. The maximum absolute atomic E-state index is 5.59. The summed E-state index contributed by atoms with van der Waals surface area (Å²) < 4.78 is 5.13. The Balaban J connectivity index is 2.28. The van der Waals surface area contributed by atoms with Crippen molar-refractivity contribution in [2.24, 2.45) is 0 Å². The number of anilines is 3. The second-order valence-corrected chi connectivity index (χ2v) is 4.23. The van der Waals surface area contributed by atoms with Crippen LogP contribution in [0.5, 0.6) is 5.75 Å². The Morgan fingerprint density at radius 1 is 1.28 bits per heavy atom. The Bertz CT molecular complexity index is 549. The number of ether oxygens (including phenoxy) is 1. The van der Waals surface area contributed by atoms with Crippen LogP contribution in [0.3, 0.4) is 0 Å². The van der Waals surface area contributed by atoms with E-state index in [-0.39, 0.29) is 0 Å². The summed E-state index contributed by atoms with van der Waals surface area (Å²) in [5, 5.41) is 3.10. The van der Waals surface area contributed by atoms with Crippen LogP contribution < -0.4 is 15.8 Å². The van der Waals surface area contributed by atoms with Crippen molar-refractivity contribution < 1.29 is 4.74 Å². The number of thioether (sulfide) groups is 1. The first-order valence-corrected chi connectivity index (χ1v) is 6.38. The van der Waals surface area contributed by atoms with Crippen molar-refractivity contribution in [3.8, 4) is 5.75 Å². The summed E-state index contributed by atoms with van der Waals surface area (Å²) in [5.41, 5.74) is 5.59. The highest BCUT2D eigenvalue weighted by atomic mass is 32.2. The van der Waals surface area contributed by atoms with Crippen LogP contribution in [0.25, 0.3) is 0 Å². The molecule has 2 aromatic heterocycles. The van der Waals surface area contributed by atoms with Gasteiger partial charge in [-0.3, -0.25) is 0 Å². The lowest BCUT2D eigenvalue weighted by Crippen LogP contribution is -2.00. The highest BCUT2D eigenvalue weighted by Gasteiger charge is 2.06. The van der Waals surface area contributed by atoms with E-state index in [0.29, 0.717) is 23.2 Å². The molecule has 0 saturated carbocycles. The van der Waals surface area contributed by atoms with E-state index in [1.165, 1.54) is 6.33 Å². The highest BCUT2D eigenvalue weighted by molar-refractivity contribution is 7.98. The number of nitrogens with two attached hydrogens (primary N) is 1. The van der Waals surface area contributed by atoms with Crippen LogP contribution in [0.4, 0.5) is 17.5 Å². The van der Waals surface area contributed by atoms with Gasteiger partial charge in [0.25, 0.3) is 0 Å². The molecule has 0 aromatic carbocycles. The van der Waals surface area contributed by atoms with E-state index in [2.05, 4.69) is 20.3 Å². The van der Waals surface area contributed by atoms with Crippen molar-refractivity contribution in [2.45, 2.75) is 4.90 Å². The number of hydrogen-bond donors (Lipinski definition) is 2. The number of aromatic nitrogens is 3. The van der Waals surface area contributed by atoms with Crippen molar-refractivity contribution in [3.05, 3.63) is 24.7 Å². The van der Waals surface area contributed by atoms with Gasteiger partial charge in [-0.05, 0) is 12.3 Å². The molecule has 2 rings (SSSR count). The van der Waals surface area contributed by atoms with Crippen LogP contribution in [0.2, 0.25) is 0 Å². The molecule has 0 radical (unpaired) electrons. The van der Waals surface area contributed by atoms with E-state index < -0.39 is 0 Å². The molecule has 6 nitrogen and oxygen atoms in total. The number of methoxy groups -OCH3 is 1. The normalized spacial score (nSPS) is 10.1. The maximum atomic E-state index is 5.59. The Morgan fingerprint density at radius 2 is 2.11 bits per heavy atom. The first-order chi connectivity index (χ1) is 8.72. The van der Waals surface area contributed by atoms with E-state index >= 15 is 0 Å². The van der Waals surface area contributed by atoms with Crippen LogP contribution in [-0.2, 0) is 0 Å². The SMILES string of the molecule is COc1cnc(Nc2cc(N)ncn2)c(SC)c1. The van der Waals surface area contributed by atoms with Crippen LogP contribution in [0.15, 0.2) is 29.6 Å². The lowest BCUT2D eigenvalue weighted by atomic mass is 10.4. The monoisotopic (exact) mass is 263 g/mol. The van der Waals surface area contributed by atoms with E-state index in [1.54, 1.807) is 31.1 Å². The Morgan fingerprint density at radius 3 is 2.78 bits per heavy atom. The molecule has 0 atom stereocenters. The third kappa shape index (κ3) is 2.80. The predicted molar refractivity (Wildman–Crippen MR) is 72.3 cm³/mol. The fourth-order valence-corrected chi connectivity index (χ4v) is 1.88. The van der Waals surface area contributed by atoms with Gasteiger partial charge in [0.2, 0.25) is 0 Å². The van der Waals surface area contributed by atoms with Crippen LogP contribution in [0.1, 0.15) is 0 Å². The molecule has 0 aliphatic carbocycles. The fourth-order valence-electron chi connectivity index (χ4n) is 1.35. The molecule has 7 heteroatoms. The number of hydrogen-bond acceptors (Lipinski definition) is 7. The van der Waals surface area contributed by atoms with E-state index in [1.807, 2.05) is 12.3 Å². The summed E-state index contributed by atoms with van der Waals surface area (Å²) in [6.45, 7) is 0. The van der Waals surface area contributed by atoms with Gasteiger partial charge in [0.1, 0.15) is 29.5 Å². The molecule has 94 valence electrons. The van der Waals surface area contributed by atoms with Crippen molar-refractivity contribution in [3.63, 3.8) is 0 Å². The fraction of sp³-hybridized carbons (Fsp3) is 0.182. The Hall–Kier alpha value is -2.02. The largest absolute Gasteiger partial charge is 0.495 e. The van der Waals surface area contributed by atoms with Gasteiger partial charge in [-0.15, -0.1) is 11.8 Å². The van der Waals surface area contributed by atoms with Gasteiger partial charge in [-0.2, -0.15) is 0 Å². The molecule has 18 heavy (non-hydrogen) atoms. The molecule has 0 fully saturated rings. The number of pyridine rings is 1. The number of rotatable bonds is 4. The zero-order valence-corrected chi connectivity index (χ0v) is 10.9. The first kappa shape index (κ1) is 12.4. The summed E-state index contributed by atoms with van der Waals surface area (Å²) >= 11 is 1.57. The zero-order chi connectivity index (χ0) is 13.0. The van der Waals surface area contributed by atoms with Gasteiger partial charge in [0.15, 0.2) is 0 Å². The summed E-state index contributed by atoms with van der Waals surface area (Å²) in [4.78, 5) is 13.2. The Labute approximate surface area is 109 Å². The van der Waals surface area contributed by atoms with Crippen molar-refractivity contribution in [1.29, 1.82) is 0 Å². The van der Waals surface area contributed by atoms with Gasteiger partial charge in [-0.1, -0.05) is 0 Å².